The van der Waals surface area contributed by atoms with Gasteiger partial charge in [-0.1, -0.05) is 48.2 Å². The third-order valence-electron chi connectivity index (χ3n) is 1.99. The number of aliphatic hydroxyl groups is 2. The van der Waals surface area contributed by atoms with E-state index in [-0.39, 0.29) is 6.61 Å². The summed E-state index contributed by atoms with van der Waals surface area (Å²) in [5, 5.41) is 16.0. The molecule has 0 saturated carbocycles. The second-order valence-corrected chi connectivity index (χ2v) is 4.91. The first-order valence-electron chi connectivity index (χ1n) is 5.79. The molecule has 18 heavy (non-hydrogen) atoms. The average molecular weight is 262 g/mol. The van der Waals surface area contributed by atoms with Crippen molar-refractivity contribution in [2.24, 2.45) is 0 Å². The van der Waals surface area contributed by atoms with E-state index in [1.807, 2.05) is 12.1 Å². The standard InChI is InChI=1S/C12H10S.C3H8O2/c1-3-7-11(8-4-1)13-12-9-5-2-6-10-12;1-3(5)2-4/h1-10H;3-5H,2H2,1H3. The van der Waals surface area contributed by atoms with Crippen molar-refractivity contribution in [3.63, 3.8) is 0 Å². The van der Waals surface area contributed by atoms with E-state index < -0.39 is 6.10 Å². The Morgan fingerprint density at radius 2 is 1.22 bits per heavy atom. The van der Waals surface area contributed by atoms with E-state index in [1.165, 1.54) is 16.7 Å². The molecule has 0 heterocycles. The molecule has 2 N–H and O–H groups in total. The zero-order valence-corrected chi connectivity index (χ0v) is 11.2. The summed E-state index contributed by atoms with van der Waals surface area (Å²) in [6, 6.07) is 20.8. The normalized spacial score (nSPS) is 11.3. The second kappa shape index (κ2) is 8.75. The number of rotatable bonds is 3. The van der Waals surface area contributed by atoms with E-state index in [0.29, 0.717) is 0 Å². The summed E-state index contributed by atoms with van der Waals surface area (Å²) in [7, 11) is 0. The molecule has 0 aliphatic heterocycles. The van der Waals surface area contributed by atoms with Gasteiger partial charge < -0.3 is 10.2 Å². The third-order valence-corrected chi connectivity index (χ3v) is 3.00. The predicted molar refractivity (Wildman–Crippen MR) is 75.8 cm³/mol. The average Bonchev–Trinajstić information content (AvgIpc) is 2.42. The Kier molecular flexibility index (Phi) is 7.18. The molecule has 0 saturated heterocycles. The summed E-state index contributed by atoms with van der Waals surface area (Å²) in [6.07, 6.45) is -0.560. The van der Waals surface area contributed by atoms with Gasteiger partial charge in [-0.15, -0.1) is 0 Å². The van der Waals surface area contributed by atoms with Crippen molar-refractivity contribution in [2.45, 2.75) is 22.8 Å². The number of aliphatic hydroxyl groups excluding tert-OH is 2. The molecule has 96 valence electrons. The molecule has 0 aliphatic carbocycles. The van der Waals surface area contributed by atoms with Gasteiger partial charge in [0.1, 0.15) is 0 Å². The van der Waals surface area contributed by atoms with Gasteiger partial charge in [-0.05, 0) is 31.2 Å². The summed E-state index contributed by atoms with van der Waals surface area (Å²) in [5.41, 5.74) is 0. The van der Waals surface area contributed by atoms with Crippen LogP contribution in [0.3, 0.4) is 0 Å². The van der Waals surface area contributed by atoms with E-state index in [9.17, 15) is 0 Å². The van der Waals surface area contributed by atoms with Crippen molar-refractivity contribution in [2.75, 3.05) is 6.61 Å². The molecule has 0 aliphatic rings. The van der Waals surface area contributed by atoms with Crippen LogP contribution in [-0.4, -0.2) is 22.9 Å². The second-order valence-electron chi connectivity index (χ2n) is 3.76. The SMILES string of the molecule is CC(O)CO.c1ccc(Sc2ccccc2)cc1. The lowest BCUT2D eigenvalue weighted by Crippen LogP contribution is -2.03. The van der Waals surface area contributed by atoms with Gasteiger partial charge in [0.25, 0.3) is 0 Å². The van der Waals surface area contributed by atoms with Crippen molar-refractivity contribution in [1.29, 1.82) is 0 Å². The lowest BCUT2D eigenvalue weighted by Gasteiger charge is -1.99. The van der Waals surface area contributed by atoms with Crippen LogP contribution in [-0.2, 0) is 0 Å². The van der Waals surface area contributed by atoms with E-state index in [2.05, 4.69) is 48.5 Å². The van der Waals surface area contributed by atoms with Gasteiger partial charge >= 0.3 is 0 Å². The van der Waals surface area contributed by atoms with Crippen LogP contribution < -0.4 is 0 Å². The molecule has 2 nitrogen and oxygen atoms in total. The fourth-order valence-corrected chi connectivity index (χ4v) is 1.97. The molecule has 0 fully saturated rings. The predicted octanol–water partition coefficient (Wildman–Crippen LogP) is 3.20. The van der Waals surface area contributed by atoms with Crippen LogP contribution in [0.1, 0.15) is 6.92 Å². The Bertz CT molecular complexity index is 378. The molecule has 1 atom stereocenters. The summed E-state index contributed by atoms with van der Waals surface area (Å²) >= 11 is 1.79. The Morgan fingerprint density at radius 3 is 1.50 bits per heavy atom. The maximum Gasteiger partial charge on any atom is 0.0742 e. The van der Waals surface area contributed by atoms with Crippen molar-refractivity contribution >= 4 is 11.8 Å². The minimum absolute atomic E-state index is 0.139. The first-order valence-corrected chi connectivity index (χ1v) is 6.61. The van der Waals surface area contributed by atoms with E-state index in [1.54, 1.807) is 11.8 Å². The van der Waals surface area contributed by atoms with Gasteiger partial charge in [-0.2, -0.15) is 0 Å². The fraction of sp³-hybridized carbons (Fsp3) is 0.200. The minimum atomic E-state index is -0.560. The van der Waals surface area contributed by atoms with E-state index >= 15 is 0 Å². The van der Waals surface area contributed by atoms with Crippen molar-refractivity contribution in [1.82, 2.24) is 0 Å². The van der Waals surface area contributed by atoms with Gasteiger partial charge in [-0.3, -0.25) is 0 Å². The van der Waals surface area contributed by atoms with Crippen LogP contribution in [0.5, 0.6) is 0 Å². The van der Waals surface area contributed by atoms with Gasteiger partial charge in [0.15, 0.2) is 0 Å². The van der Waals surface area contributed by atoms with Crippen LogP contribution in [0, 0.1) is 0 Å². The summed E-state index contributed by atoms with van der Waals surface area (Å²) in [6.45, 7) is 1.39. The van der Waals surface area contributed by atoms with Crippen LogP contribution in [0.4, 0.5) is 0 Å². The van der Waals surface area contributed by atoms with Crippen LogP contribution in [0.15, 0.2) is 70.5 Å². The molecule has 0 aromatic heterocycles. The highest BCUT2D eigenvalue weighted by atomic mass is 32.2. The molecule has 3 heteroatoms. The molecule has 2 aromatic carbocycles. The topological polar surface area (TPSA) is 40.5 Å². The van der Waals surface area contributed by atoms with Crippen LogP contribution >= 0.6 is 11.8 Å². The van der Waals surface area contributed by atoms with Crippen LogP contribution in [0.2, 0.25) is 0 Å². The third kappa shape index (κ3) is 6.45. The van der Waals surface area contributed by atoms with Gasteiger partial charge in [0, 0.05) is 9.79 Å². The van der Waals surface area contributed by atoms with E-state index in [4.69, 9.17) is 10.2 Å². The van der Waals surface area contributed by atoms with Gasteiger partial charge in [0.2, 0.25) is 0 Å². The molecule has 0 spiro atoms. The van der Waals surface area contributed by atoms with Crippen molar-refractivity contribution in [3.05, 3.63) is 60.7 Å². The monoisotopic (exact) mass is 262 g/mol. The summed E-state index contributed by atoms with van der Waals surface area (Å²) in [4.78, 5) is 2.57. The first-order chi connectivity index (χ1) is 8.72. The quantitative estimate of drug-likeness (QED) is 0.892. The first kappa shape index (κ1) is 14.8. The smallest absolute Gasteiger partial charge is 0.0742 e. The minimum Gasteiger partial charge on any atom is -0.394 e. The zero-order valence-electron chi connectivity index (χ0n) is 10.4. The fourth-order valence-electron chi connectivity index (χ4n) is 1.11. The lowest BCUT2D eigenvalue weighted by atomic mass is 10.4. The lowest BCUT2D eigenvalue weighted by molar-refractivity contribution is 0.110. The maximum atomic E-state index is 8.11. The molecular formula is C15H18O2S. The largest absolute Gasteiger partial charge is 0.394 e. The van der Waals surface area contributed by atoms with Crippen LogP contribution in [0.25, 0.3) is 0 Å². The number of benzene rings is 2. The van der Waals surface area contributed by atoms with Crippen molar-refractivity contribution in [3.8, 4) is 0 Å². The number of hydrogen-bond donors (Lipinski definition) is 2. The zero-order chi connectivity index (χ0) is 13.2. The Hall–Kier alpha value is -1.29. The van der Waals surface area contributed by atoms with E-state index in [0.717, 1.165) is 0 Å². The number of hydrogen-bond acceptors (Lipinski definition) is 3. The molecule has 0 radical (unpaired) electrons. The maximum absolute atomic E-state index is 8.11. The Balaban J connectivity index is 0.000000280. The molecule has 2 aromatic rings. The highest BCUT2D eigenvalue weighted by Crippen LogP contribution is 2.26. The molecule has 0 amide bonds. The molecule has 1 unspecified atom stereocenters. The summed E-state index contributed by atoms with van der Waals surface area (Å²) in [5.74, 6) is 0. The van der Waals surface area contributed by atoms with Gasteiger partial charge in [0.05, 0.1) is 12.7 Å². The van der Waals surface area contributed by atoms with Crippen molar-refractivity contribution < 1.29 is 10.2 Å². The molecule has 0 bridgehead atoms. The summed E-state index contributed by atoms with van der Waals surface area (Å²) < 4.78 is 0. The highest BCUT2D eigenvalue weighted by molar-refractivity contribution is 7.99. The van der Waals surface area contributed by atoms with Gasteiger partial charge in [-0.25, -0.2) is 0 Å². The molecule has 2 rings (SSSR count). The Labute approximate surface area is 112 Å². The highest BCUT2D eigenvalue weighted by Gasteiger charge is 1.93. The Morgan fingerprint density at radius 1 is 0.889 bits per heavy atom. The molecular weight excluding hydrogens is 244 g/mol.